The van der Waals surface area contributed by atoms with Gasteiger partial charge in [0.25, 0.3) is 17.0 Å². The molecule has 0 radical (unpaired) electrons. The lowest BCUT2D eigenvalue weighted by Crippen LogP contribution is -2.26. The van der Waals surface area contributed by atoms with Gasteiger partial charge >= 0.3 is 0 Å². The zero-order valence-corrected chi connectivity index (χ0v) is 14.4. The molecule has 26 heavy (non-hydrogen) atoms. The number of nitriles is 1. The van der Waals surface area contributed by atoms with Gasteiger partial charge in [-0.1, -0.05) is 0 Å². The summed E-state index contributed by atoms with van der Waals surface area (Å²) in [4.78, 5) is 37.5. The SMILES string of the molecule is CCNc1c(Nc2cc(C#N)cc(C(=O)N(C)C)c2O)c(=O)[nH][nH]c1=O. The van der Waals surface area contributed by atoms with Gasteiger partial charge in [0.05, 0.1) is 22.9 Å². The van der Waals surface area contributed by atoms with Gasteiger partial charge in [0.15, 0.2) is 5.75 Å². The molecule has 1 aromatic heterocycles. The number of nitrogens with zero attached hydrogens (tertiary/aromatic N) is 2. The highest BCUT2D eigenvalue weighted by molar-refractivity contribution is 5.99. The van der Waals surface area contributed by atoms with E-state index in [4.69, 9.17) is 0 Å². The van der Waals surface area contributed by atoms with Crippen LogP contribution in [0.5, 0.6) is 5.75 Å². The average molecular weight is 358 g/mol. The van der Waals surface area contributed by atoms with Gasteiger partial charge in [-0.15, -0.1) is 0 Å². The van der Waals surface area contributed by atoms with Gasteiger partial charge in [-0.05, 0) is 19.1 Å². The molecule has 0 fully saturated rings. The third-order valence-electron chi connectivity index (χ3n) is 3.48. The van der Waals surface area contributed by atoms with E-state index >= 15 is 0 Å². The van der Waals surface area contributed by atoms with Crippen LogP contribution in [0.3, 0.4) is 0 Å². The minimum atomic E-state index is -0.650. The summed E-state index contributed by atoms with van der Waals surface area (Å²) in [5.74, 6) is -0.959. The van der Waals surface area contributed by atoms with Crippen molar-refractivity contribution in [1.82, 2.24) is 15.1 Å². The number of carbonyl (C=O) groups is 1. The summed E-state index contributed by atoms with van der Waals surface area (Å²) in [6, 6.07) is 4.41. The Bertz CT molecular complexity index is 999. The Morgan fingerprint density at radius 3 is 2.38 bits per heavy atom. The third-order valence-corrected chi connectivity index (χ3v) is 3.48. The van der Waals surface area contributed by atoms with Crippen LogP contribution in [0.2, 0.25) is 0 Å². The van der Waals surface area contributed by atoms with Gasteiger partial charge in [0, 0.05) is 20.6 Å². The van der Waals surface area contributed by atoms with Gasteiger partial charge in [0.1, 0.15) is 11.4 Å². The second-order valence-electron chi connectivity index (χ2n) is 5.54. The fourth-order valence-electron chi connectivity index (χ4n) is 2.26. The molecule has 1 heterocycles. The number of rotatable bonds is 5. The number of H-pyrrole nitrogens is 2. The highest BCUT2D eigenvalue weighted by Gasteiger charge is 2.20. The number of hydrogen-bond acceptors (Lipinski definition) is 7. The molecule has 10 heteroatoms. The molecule has 0 spiro atoms. The monoisotopic (exact) mass is 358 g/mol. The van der Waals surface area contributed by atoms with E-state index in [1.165, 1.54) is 31.1 Å². The topological polar surface area (TPSA) is 154 Å². The number of benzene rings is 1. The Hall–Kier alpha value is -3.74. The number of aromatic amines is 2. The van der Waals surface area contributed by atoms with Gasteiger partial charge in [-0.3, -0.25) is 24.6 Å². The molecule has 5 N–H and O–H groups in total. The van der Waals surface area contributed by atoms with Crippen LogP contribution < -0.4 is 21.8 Å². The summed E-state index contributed by atoms with van der Waals surface area (Å²) in [6.45, 7) is 2.11. The fourth-order valence-corrected chi connectivity index (χ4v) is 2.26. The van der Waals surface area contributed by atoms with Crippen molar-refractivity contribution in [3.63, 3.8) is 0 Å². The van der Waals surface area contributed by atoms with E-state index < -0.39 is 22.8 Å². The molecule has 0 aliphatic rings. The number of amides is 1. The van der Waals surface area contributed by atoms with Crippen molar-refractivity contribution in [3.8, 4) is 11.8 Å². The second kappa shape index (κ2) is 7.43. The van der Waals surface area contributed by atoms with Crippen LogP contribution in [-0.2, 0) is 0 Å². The molecule has 2 rings (SSSR count). The van der Waals surface area contributed by atoms with E-state index in [-0.39, 0.29) is 28.2 Å². The first-order chi connectivity index (χ1) is 12.3. The summed E-state index contributed by atoms with van der Waals surface area (Å²) in [5.41, 5.74) is -1.46. The Kier molecular flexibility index (Phi) is 5.32. The van der Waals surface area contributed by atoms with E-state index in [9.17, 15) is 24.8 Å². The normalized spacial score (nSPS) is 10.1. The first kappa shape index (κ1) is 18.6. The lowest BCUT2D eigenvalue weighted by molar-refractivity contribution is 0.0824. The number of phenolic OH excluding ortho intramolecular Hbond substituents is 1. The molecule has 0 aliphatic carbocycles. The zero-order valence-electron chi connectivity index (χ0n) is 14.4. The van der Waals surface area contributed by atoms with Crippen molar-refractivity contribution < 1.29 is 9.90 Å². The molecule has 0 aliphatic heterocycles. The lowest BCUT2D eigenvalue weighted by atomic mass is 10.1. The molecule has 10 nitrogen and oxygen atoms in total. The number of aromatic nitrogens is 2. The second-order valence-corrected chi connectivity index (χ2v) is 5.54. The molecule has 0 bridgehead atoms. The maximum Gasteiger partial charge on any atom is 0.288 e. The summed E-state index contributed by atoms with van der Waals surface area (Å²) in [6.07, 6.45) is 0. The Labute approximate surface area is 148 Å². The van der Waals surface area contributed by atoms with Crippen LogP contribution in [0.25, 0.3) is 0 Å². The highest BCUT2D eigenvalue weighted by atomic mass is 16.3. The highest BCUT2D eigenvalue weighted by Crippen LogP contribution is 2.32. The summed E-state index contributed by atoms with van der Waals surface area (Å²) < 4.78 is 0. The maximum atomic E-state index is 12.2. The molecular weight excluding hydrogens is 340 g/mol. The fraction of sp³-hybridized carbons (Fsp3) is 0.250. The standard InChI is InChI=1S/C16H18N6O4/c1-4-18-11-12(15(25)21-20-14(11)24)19-10-6-8(7-17)5-9(13(10)23)16(26)22(2)3/h5-6,23H,4H2,1-3H3,(H2,18,21,25)(H2,19,20,24). The molecule has 0 saturated carbocycles. The Morgan fingerprint density at radius 2 is 1.85 bits per heavy atom. The number of phenols is 1. The number of hydrogen-bond donors (Lipinski definition) is 5. The van der Waals surface area contributed by atoms with Crippen LogP contribution in [0, 0.1) is 11.3 Å². The summed E-state index contributed by atoms with van der Waals surface area (Å²) in [7, 11) is 3.00. The smallest absolute Gasteiger partial charge is 0.288 e. The van der Waals surface area contributed by atoms with Crippen LogP contribution in [0.15, 0.2) is 21.7 Å². The van der Waals surface area contributed by atoms with Gasteiger partial charge in [0.2, 0.25) is 0 Å². The number of anilines is 3. The van der Waals surface area contributed by atoms with Crippen molar-refractivity contribution in [2.45, 2.75) is 6.92 Å². The first-order valence-electron chi connectivity index (χ1n) is 7.64. The predicted octanol–water partition coefficient (Wildman–Crippen LogP) is 0.518. The summed E-state index contributed by atoms with van der Waals surface area (Å²) >= 11 is 0. The van der Waals surface area contributed by atoms with E-state index in [0.717, 1.165) is 0 Å². The van der Waals surface area contributed by atoms with Crippen molar-refractivity contribution in [3.05, 3.63) is 44.0 Å². The maximum absolute atomic E-state index is 12.2. The molecule has 0 atom stereocenters. The van der Waals surface area contributed by atoms with E-state index in [0.29, 0.717) is 6.54 Å². The van der Waals surface area contributed by atoms with Gasteiger partial charge < -0.3 is 20.6 Å². The van der Waals surface area contributed by atoms with Crippen molar-refractivity contribution >= 4 is 23.0 Å². The molecule has 0 saturated heterocycles. The molecule has 0 unspecified atom stereocenters. The van der Waals surface area contributed by atoms with Gasteiger partial charge in [-0.2, -0.15) is 5.26 Å². The molecule has 136 valence electrons. The van der Waals surface area contributed by atoms with E-state index in [2.05, 4.69) is 20.8 Å². The van der Waals surface area contributed by atoms with Crippen LogP contribution in [-0.4, -0.2) is 46.8 Å². The number of carbonyl (C=O) groups excluding carboxylic acids is 1. The first-order valence-corrected chi connectivity index (χ1v) is 7.64. The molecule has 2 aromatic rings. The largest absolute Gasteiger partial charge is 0.505 e. The summed E-state index contributed by atoms with van der Waals surface area (Å²) in [5, 5.41) is 29.4. The zero-order chi connectivity index (χ0) is 19.4. The van der Waals surface area contributed by atoms with E-state index in [1.807, 2.05) is 6.07 Å². The Balaban J connectivity index is 2.65. The predicted molar refractivity (Wildman–Crippen MR) is 96.0 cm³/mol. The average Bonchev–Trinajstić information content (AvgIpc) is 2.61. The molecule has 1 aromatic carbocycles. The van der Waals surface area contributed by atoms with Crippen molar-refractivity contribution in [2.75, 3.05) is 31.3 Å². The molecular formula is C16H18N6O4. The quantitative estimate of drug-likeness (QED) is 0.488. The Morgan fingerprint density at radius 1 is 1.23 bits per heavy atom. The number of aromatic hydroxyl groups is 1. The minimum absolute atomic E-state index is 0.0292. The minimum Gasteiger partial charge on any atom is -0.505 e. The van der Waals surface area contributed by atoms with Crippen molar-refractivity contribution in [1.29, 1.82) is 5.26 Å². The van der Waals surface area contributed by atoms with Crippen LogP contribution in [0.4, 0.5) is 17.1 Å². The van der Waals surface area contributed by atoms with Crippen molar-refractivity contribution in [2.24, 2.45) is 0 Å². The number of nitrogens with one attached hydrogen (secondary N) is 4. The van der Waals surface area contributed by atoms with Crippen LogP contribution in [0.1, 0.15) is 22.8 Å². The third kappa shape index (κ3) is 3.51. The van der Waals surface area contributed by atoms with Gasteiger partial charge in [-0.25, -0.2) is 0 Å². The lowest BCUT2D eigenvalue weighted by Gasteiger charge is -2.16. The van der Waals surface area contributed by atoms with E-state index in [1.54, 1.807) is 6.92 Å². The molecule has 1 amide bonds. The van der Waals surface area contributed by atoms with Crippen LogP contribution >= 0.6 is 0 Å².